The van der Waals surface area contributed by atoms with Gasteiger partial charge in [-0.05, 0) is 57.7 Å². The number of nitrogens with two attached hydrogens (primary N) is 1. The molecule has 0 aliphatic carbocycles. The number of hydrogen-bond acceptors (Lipinski definition) is 3. The zero-order valence-electron chi connectivity index (χ0n) is 11.1. The van der Waals surface area contributed by atoms with Crippen molar-refractivity contribution in [1.82, 2.24) is 15.1 Å². The van der Waals surface area contributed by atoms with Crippen molar-refractivity contribution in [2.45, 2.75) is 38.6 Å². The number of nitrogens with one attached hydrogen (secondary N) is 1. The molecule has 0 saturated carbocycles. The van der Waals surface area contributed by atoms with Gasteiger partial charge in [-0.2, -0.15) is 5.10 Å². The van der Waals surface area contributed by atoms with Crippen molar-refractivity contribution in [2.75, 3.05) is 19.6 Å². The molecule has 1 aromatic heterocycles. The Morgan fingerprint density at radius 2 is 2.24 bits per heavy atom. The first kappa shape index (κ1) is 12.6. The van der Waals surface area contributed by atoms with E-state index < -0.39 is 0 Å². The van der Waals surface area contributed by atoms with Crippen LogP contribution in [-0.4, -0.2) is 29.4 Å². The summed E-state index contributed by atoms with van der Waals surface area (Å²) in [6, 6.07) is 0. The van der Waals surface area contributed by atoms with Crippen molar-refractivity contribution < 1.29 is 0 Å². The molecule has 2 unspecified atom stereocenters. The summed E-state index contributed by atoms with van der Waals surface area (Å²) in [5, 5.41) is 7.94. The van der Waals surface area contributed by atoms with Crippen molar-refractivity contribution in [1.29, 1.82) is 0 Å². The third-order valence-corrected chi connectivity index (χ3v) is 3.54. The molecule has 2 rings (SSSR count). The zero-order chi connectivity index (χ0) is 12.5. The van der Waals surface area contributed by atoms with Gasteiger partial charge in [0.05, 0.1) is 11.7 Å². The summed E-state index contributed by atoms with van der Waals surface area (Å²) in [7, 11) is 0. The van der Waals surface area contributed by atoms with E-state index in [-0.39, 0.29) is 5.54 Å². The van der Waals surface area contributed by atoms with Crippen LogP contribution < -0.4 is 11.1 Å². The van der Waals surface area contributed by atoms with Crippen molar-refractivity contribution >= 4 is 0 Å². The molecule has 4 nitrogen and oxygen atoms in total. The largest absolute Gasteiger partial charge is 0.330 e. The van der Waals surface area contributed by atoms with Crippen molar-refractivity contribution in [3.63, 3.8) is 0 Å². The highest BCUT2D eigenvalue weighted by molar-refractivity contribution is 5.14. The second-order valence-electron chi connectivity index (χ2n) is 6.08. The van der Waals surface area contributed by atoms with Crippen LogP contribution in [0.15, 0.2) is 12.4 Å². The van der Waals surface area contributed by atoms with Crippen molar-refractivity contribution in [3.8, 4) is 0 Å². The summed E-state index contributed by atoms with van der Waals surface area (Å²) >= 11 is 0. The normalized spacial score (nSPS) is 26.1. The molecular weight excluding hydrogens is 212 g/mol. The van der Waals surface area contributed by atoms with Gasteiger partial charge in [0.25, 0.3) is 0 Å². The molecule has 0 aromatic carbocycles. The van der Waals surface area contributed by atoms with Crippen LogP contribution in [0.25, 0.3) is 0 Å². The van der Waals surface area contributed by atoms with Crippen LogP contribution in [0.2, 0.25) is 0 Å². The van der Waals surface area contributed by atoms with E-state index >= 15 is 0 Å². The van der Waals surface area contributed by atoms with E-state index in [2.05, 4.69) is 37.4 Å². The van der Waals surface area contributed by atoms with E-state index in [4.69, 9.17) is 5.73 Å². The predicted octanol–water partition coefficient (Wildman–Crippen LogP) is 1.29. The Labute approximate surface area is 104 Å². The minimum absolute atomic E-state index is 0.0631. The molecular formula is C13H24N4. The molecule has 0 bridgehead atoms. The molecule has 2 atom stereocenters. The summed E-state index contributed by atoms with van der Waals surface area (Å²) in [6.45, 7) is 9.40. The van der Waals surface area contributed by atoms with E-state index in [1.807, 2.05) is 10.9 Å². The van der Waals surface area contributed by atoms with Gasteiger partial charge in [0, 0.05) is 12.7 Å². The number of aromatic nitrogens is 2. The lowest BCUT2D eigenvalue weighted by molar-refractivity contribution is 0.343. The topological polar surface area (TPSA) is 55.9 Å². The molecule has 3 N–H and O–H groups in total. The first-order valence-corrected chi connectivity index (χ1v) is 6.46. The minimum atomic E-state index is 0.0631. The van der Waals surface area contributed by atoms with Crippen molar-refractivity contribution in [3.05, 3.63) is 18.0 Å². The third kappa shape index (κ3) is 2.87. The van der Waals surface area contributed by atoms with Gasteiger partial charge in [-0.1, -0.05) is 0 Å². The molecule has 1 aliphatic rings. The Morgan fingerprint density at radius 3 is 2.82 bits per heavy atom. The van der Waals surface area contributed by atoms with E-state index in [0.717, 1.165) is 19.6 Å². The lowest BCUT2D eigenvalue weighted by Gasteiger charge is -2.28. The zero-order valence-corrected chi connectivity index (χ0v) is 11.1. The summed E-state index contributed by atoms with van der Waals surface area (Å²) in [5.74, 6) is 1.17. The second-order valence-corrected chi connectivity index (χ2v) is 6.08. The summed E-state index contributed by atoms with van der Waals surface area (Å²) in [5.41, 5.74) is 7.16. The monoisotopic (exact) mass is 236 g/mol. The lowest BCUT2D eigenvalue weighted by atomic mass is 9.87. The fourth-order valence-electron chi connectivity index (χ4n) is 2.38. The van der Waals surface area contributed by atoms with E-state index in [1.54, 1.807) is 0 Å². The highest BCUT2D eigenvalue weighted by Gasteiger charge is 2.24. The summed E-state index contributed by atoms with van der Waals surface area (Å²) in [4.78, 5) is 0. The minimum Gasteiger partial charge on any atom is -0.330 e. The molecule has 0 spiro atoms. The number of hydrogen-bond donors (Lipinski definition) is 2. The molecule has 2 heterocycles. The maximum Gasteiger partial charge on any atom is 0.0543 e. The quantitative estimate of drug-likeness (QED) is 0.813. The molecule has 1 fully saturated rings. The molecule has 17 heavy (non-hydrogen) atoms. The van der Waals surface area contributed by atoms with Gasteiger partial charge in [0.2, 0.25) is 0 Å². The highest BCUT2D eigenvalue weighted by Crippen LogP contribution is 2.26. The van der Waals surface area contributed by atoms with Crippen LogP contribution >= 0.6 is 0 Å². The van der Waals surface area contributed by atoms with Crippen LogP contribution in [-0.2, 0) is 5.54 Å². The fourth-order valence-corrected chi connectivity index (χ4v) is 2.38. The number of nitrogens with zero attached hydrogens (tertiary/aromatic N) is 2. The Morgan fingerprint density at radius 1 is 1.47 bits per heavy atom. The molecule has 4 heteroatoms. The lowest BCUT2D eigenvalue weighted by Crippen LogP contribution is -2.38. The predicted molar refractivity (Wildman–Crippen MR) is 70.0 cm³/mol. The van der Waals surface area contributed by atoms with Gasteiger partial charge < -0.3 is 11.1 Å². The van der Waals surface area contributed by atoms with Crippen LogP contribution in [0.4, 0.5) is 0 Å². The molecule has 1 saturated heterocycles. The van der Waals surface area contributed by atoms with Crippen LogP contribution in [0, 0.1) is 5.92 Å². The average molecular weight is 236 g/mol. The van der Waals surface area contributed by atoms with E-state index in [9.17, 15) is 0 Å². The Hall–Kier alpha value is -0.870. The van der Waals surface area contributed by atoms with Gasteiger partial charge in [0.1, 0.15) is 0 Å². The highest BCUT2D eigenvalue weighted by atomic mass is 15.3. The summed E-state index contributed by atoms with van der Waals surface area (Å²) in [6.07, 6.45) is 5.38. The van der Waals surface area contributed by atoms with Gasteiger partial charge in [-0.15, -0.1) is 0 Å². The molecule has 0 radical (unpaired) electrons. The van der Waals surface area contributed by atoms with E-state index in [1.165, 1.54) is 12.0 Å². The molecule has 0 amide bonds. The number of rotatable bonds is 2. The van der Waals surface area contributed by atoms with Crippen molar-refractivity contribution in [2.24, 2.45) is 11.7 Å². The first-order chi connectivity index (χ1) is 8.00. The van der Waals surface area contributed by atoms with Gasteiger partial charge in [-0.25, -0.2) is 0 Å². The Kier molecular flexibility index (Phi) is 3.54. The molecule has 1 aromatic rings. The van der Waals surface area contributed by atoms with Gasteiger partial charge >= 0.3 is 0 Å². The molecule has 1 aliphatic heterocycles. The van der Waals surface area contributed by atoms with Crippen LogP contribution in [0.1, 0.15) is 38.7 Å². The van der Waals surface area contributed by atoms with Crippen LogP contribution in [0.3, 0.4) is 0 Å². The summed E-state index contributed by atoms with van der Waals surface area (Å²) < 4.78 is 2.05. The van der Waals surface area contributed by atoms with Gasteiger partial charge in [-0.3, -0.25) is 4.68 Å². The average Bonchev–Trinajstić information content (AvgIpc) is 2.78. The fraction of sp³-hybridized carbons (Fsp3) is 0.769. The Bertz CT molecular complexity index is 364. The maximum atomic E-state index is 5.76. The first-order valence-electron chi connectivity index (χ1n) is 6.46. The molecule has 96 valence electrons. The van der Waals surface area contributed by atoms with Crippen LogP contribution in [0.5, 0.6) is 0 Å². The van der Waals surface area contributed by atoms with Gasteiger partial charge in [0.15, 0.2) is 0 Å². The third-order valence-electron chi connectivity index (χ3n) is 3.54. The standard InChI is InChI=1S/C13H24N4/c1-13(2,3)17-9-12(8-16-17)11-4-10(5-14)6-15-7-11/h8-11,15H,4-7,14H2,1-3H3. The maximum absolute atomic E-state index is 5.76. The number of piperidine rings is 1. The Balaban J connectivity index is 2.09. The van der Waals surface area contributed by atoms with E-state index in [0.29, 0.717) is 11.8 Å². The second kappa shape index (κ2) is 4.78. The smallest absolute Gasteiger partial charge is 0.0543 e. The SMILES string of the molecule is CC(C)(C)n1cc(C2CNCC(CN)C2)cn1.